The summed E-state index contributed by atoms with van der Waals surface area (Å²) in [5.41, 5.74) is 2.34. The van der Waals surface area contributed by atoms with Crippen molar-refractivity contribution in [2.24, 2.45) is 0 Å². The monoisotopic (exact) mass is 331 g/mol. The predicted molar refractivity (Wildman–Crippen MR) is 96.6 cm³/mol. The third-order valence-electron chi connectivity index (χ3n) is 4.14. The molecule has 0 aliphatic rings. The average Bonchev–Trinajstić information content (AvgIpc) is 3.07. The lowest BCUT2D eigenvalue weighted by Gasteiger charge is -2.21. The Morgan fingerprint density at radius 1 is 1.26 bits per heavy atom. The smallest absolute Gasteiger partial charge is 0.202 e. The molecule has 124 valence electrons. The number of phenolic OH excluding ortho intramolecular Hbond substituents is 1. The number of hydrogen-bond donors (Lipinski definition) is 1. The molecule has 0 aliphatic carbocycles. The van der Waals surface area contributed by atoms with Crippen LogP contribution in [0, 0.1) is 0 Å². The fraction of sp³-hybridized carbons (Fsp3) is 0.421. The second-order valence-electron chi connectivity index (χ2n) is 6.00. The van der Waals surface area contributed by atoms with Gasteiger partial charge in [-0.05, 0) is 48.2 Å². The lowest BCUT2D eigenvalue weighted by atomic mass is 9.94. The van der Waals surface area contributed by atoms with Crippen molar-refractivity contribution in [1.29, 1.82) is 0 Å². The van der Waals surface area contributed by atoms with Gasteiger partial charge in [-0.15, -0.1) is 11.3 Å². The summed E-state index contributed by atoms with van der Waals surface area (Å²) in [7, 11) is 0. The summed E-state index contributed by atoms with van der Waals surface area (Å²) in [5.74, 6) is 0.527. The fourth-order valence-electron chi connectivity index (χ4n) is 2.65. The number of aromatic hydroxyl groups is 1. The third-order valence-corrected chi connectivity index (χ3v) is 5.00. The second kappa shape index (κ2) is 7.75. The molecule has 2 rings (SSSR count). The van der Waals surface area contributed by atoms with E-state index in [9.17, 15) is 9.90 Å². The van der Waals surface area contributed by atoms with Crippen molar-refractivity contribution in [1.82, 2.24) is 4.90 Å². The maximum Gasteiger partial charge on any atom is 0.202 e. The van der Waals surface area contributed by atoms with E-state index in [0.717, 1.165) is 29.1 Å². The third kappa shape index (κ3) is 4.01. The Kier molecular flexibility index (Phi) is 5.97. The van der Waals surface area contributed by atoms with Crippen LogP contribution in [0.15, 0.2) is 29.6 Å². The summed E-state index contributed by atoms with van der Waals surface area (Å²) in [4.78, 5) is 15.7. The van der Waals surface area contributed by atoms with Crippen LogP contribution < -0.4 is 0 Å². The van der Waals surface area contributed by atoms with Crippen molar-refractivity contribution in [3.63, 3.8) is 0 Å². The van der Waals surface area contributed by atoms with E-state index in [1.165, 1.54) is 11.3 Å². The van der Waals surface area contributed by atoms with Crippen LogP contribution in [-0.2, 0) is 6.54 Å². The number of hydrogen-bond acceptors (Lipinski definition) is 4. The summed E-state index contributed by atoms with van der Waals surface area (Å²) in [5, 5.41) is 12.5. The molecule has 1 heterocycles. The summed E-state index contributed by atoms with van der Waals surface area (Å²) < 4.78 is 0. The highest BCUT2D eigenvalue weighted by atomic mass is 32.1. The van der Waals surface area contributed by atoms with Crippen LogP contribution in [0.2, 0.25) is 0 Å². The highest BCUT2D eigenvalue weighted by Crippen LogP contribution is 2.32. The molecule has 0 bridgehead atoms. The molecule has 0 atom stereocenters. The minimum atomic E-state index is 0.0303. The van der Waals surface area contributed by atoms with E-state index >= 15 is 0 Å². The number of nitrogens with zero attached hydrogens (tertiary/aromatic N) is 1. The first-order valence-electron chi connectivity index (χ1n) is 8.14. The predicted octanol–water partition coefficient (Wildman–Crippen LogP) is 4.65. The Bertz CT molecular complexity index is 658. The minimum absolute atomic E-state index is 0.0303. The second-order valence-corrected chi connectivity index (χ2v) is 6.94. The Hall–Kier alpha value is -1.65. The van der Waals surface area contributed by atoms with Crippen LogP contribution >= 0.6 is 11.3 Å². The SMILES string of the molecule is CCN(CC)Cc1cc(C(=O)c2cccs2)cc(C(C)C)c1O. The first kappa shape index (κ1) is 17.7. The largest absolute Gasteiger partial charge is 0.507 e. The molecule has 0 aliphatic heterocycles. The van der Waals surface area contributed by atoms with Gasteiger partial charge >= 0.3 is 0 Å². The van der Waals surface area contributed by atoms with Crippen LogP contribution in [-0.4, -0.2) is 28.9 Å². The van der Waals surface area contributed by atoms with Crippen molar-refractivity contribution in [3.05, 3.63) is 51.2 Å². The van der Waals surface area contributed by atoms with Crippen LogP contribution in [0.1, 0.15) is 60.0 Å². The van der Waals surface area contributed by atoms with Gasteiger partial charge in [-0.1, -0.05) is 33.8 Å². The van der Waals surface area contributed by atoms with E-state index in [2.05, 4.69) is 18.7 Å². The lowest BCUT2D eigenvalue weighted by molar-refractivity contribution is 0.104. The maximum atomic E-state index is 12.7. The zero-order valence-corrected chi connectivity index (χ0v) is 15.1. The maximum absolute atomic E-state index is 12.7. The number of thiophene rings is 1. The molecule has 23 heavy (non-hydrogen) atoms. The molecule has 1 aromatic heterocycles. The molecular formula is C19H25NO2S. The Morgan fingerprint density at radius 2 is 1.96 bits per heavy atom. The molecular weight excluding hydrogens is 306 g/mol. The average molecular weight is 331 g/mol. The van der Waals surface area contributed by atoms with Gasteiger partial charge in [-0.2, -0.15) is 0 Å². The van der Waals surface area contributed by atoms with Crippen molar-refractivity contribution in [3.8, 4) is 5.75 Å². The van der Waals surface area contributed by atoms with Gasteiger partial charge in [0.25, 0.3) is 0 Å². The first-order chi connectivity index (χ1) is 11.0. The number of carbonyl (C=O) groups is 1. The van der Waals surface area contributed by atoms with Gasteiger partial charge in [-0.3, -0.25) is 9.69 Å². The van der Waals surface area contributed by atoms with Gasteiger partial charge in [0.05, 0.1) is 4.88 Å². The number of carbonyl (C=O) groups excluding carboxylic acids is 1. The van der Waals surface area contributed by atoms with Crippen molar-refractivity contribution in [2.75, 3.05) is 13.1 Å². The molecule has 1 aromatic carbocycles. The molecule has 0 radical (unpaired) electrons. The Balaban J connectivity index is 2.47. The summed E-state index contributed by atoms with van der Waals surface area (Å²) in [6, 6.07) is 7.42. The zero-order chi connectivity index (χ0) is 17.0. The summed E-state index contributed by atoms with van der Waals surface area (Å²) >= 11 is 1.45. The van der Waals surface area contributed by atoms with Gasteiger partial charge in [0.1, 0.15) is 5.75 Å². The summed E-state index contributed by atoms with van der Waals surface area (Å²) in [6.07, 6.45) is 0. The van der Waals surface area contributed by atoms with Gasteiger partial charge in [0.2, 0.25) is 5.78 Å². The summed E-state index contributed by atoms with van der Waals surface area (Å²) in [6.45, 7) is 10.8. The number of ketones is 1. The highest BCUT2D eigenvalue weighted by molar-refractivity contribution is 7.12. The standard InChI is InChI=1S/C19H25NO2S/c1-5-20(6-2)12-15-10-14(11-16(13(3)4)18(15)21)19(22)17-8-7-9-23-17/h7-11,13,21H,5-6,12H2,1-4H3. The van der Waals surface area contributed by atoms with Gasteiger partial charge in [0, 0.05) is 17.7 Å². The van der Waals surface area contributed by atoms with Crippen LogP contribution in [0.25, 0.3) is 0 Å². The van der Waals surface area contributed by atoms with E-state index < -0.39 is 0 Å². The molecule has 0 saturated carbocycles. The quantitative estimate of drug-likeness (QED) is 0.751. The van der Waals surface area contributed by atoms with E-state index in [0.29, 0.717) is 17.9 Å². The van der Waals surface area contributed by atoms with E-state index in [1.807, 2.05) is 43.5 Å². The van der Waals surface area contributed by atoms with Gasteiger partial charge in [-0.25, -0.2) is 0 Å². The number of rotatable bonds is 7. The van der Waals surface area contributed by atoms with Gasteiger partial charge < -0.3 is 5.11 Å². The van der Waals surface area contributed by atoms with Crippen LogP contribution in [0.4, 0.5) is 0 Å². The number of benzene rings is 1. The molecule has 0 amide bonds. The van der Waals surface area contributed by atoms with Crippen LogP contribution in [0.5, 0.6) is 5.75 Å². The van der Waals surface area contributed by atoms with Crippen LogP contribution in [0.3, 0.4) is 0 Å². The van der Waals surface area contributed by atoms with E-state index in [1.54, 1.807) is 0 Å². The zero-order valence-electron chi connectivity index (χ0n) is 14.3. The minimum Gasteiger partial charge on any atom is -0.507 e. The van der Waals surface area contributed by atoms with Gasteiger partial charge in [0.15, 0.2) is 0 Å². The van der Waals surface area contributed by atoms with E-state index in [-0.39, 0.29) is 11.7 Å². The van der Waals surface area contributed by atoms with E-state index in [4.69, 9.17) is 0 Å². The van der Waals surface area contributed by atoms with Crippen molar-refractivity contribution >= 4 is 17.1 Å². The highest BCUT2D eigenvalue weighted by Gasteiger charge is 2.18. The fourth-order valence-corrected chi connectivity index (χ4v) is 3.33. The Morgan fingerprint density at radius 3 is 2.48 bits per heavy atom. The number of phenols is 1. The normalized spacial score (nSPS) is 11.4. The topological polar surface area (TPSA) is 40.5 Å². The molecule has 1 N–H and O–H groups in total. The molecule has 0 spiro atoms. The lowest BCUT2D eigenvalue weighted by Crippen LogP contribution is -2.22. The molecule has 3 nitrogen and oxygen atoms in total. The molecule has 4 heteroatoms. The molecule has 0 unspecified atom stereocenters. The van der Waals surface area contributed by atoms with Crippen molar-refractivity contribution in [2.45, 2.75) is 40.2 Å². The molecule has 2 aromatic rings. The first-order valence-corrected chi connectivity index (χ1v) is 9.02. The molecule has 0 saturated heterocycles. The van der Waals surface area contributed by atoms with Crippen molar-refractivity contribution < 1.29 is 9.90 Å². The molecule has 0 fully saturated rings. The Labute approximate surface area is 142 Å².